The van der Waals surface area contributed by atoms with E-state index in [1.807, 2.05) is 19.1 Å². The van der Waals surface area contributed by atoms with E-state index in [2.05, 4.69) is 17.9 Å². The second-order valence-corrected chi connectivity index (χ2v) is 6.48. The third kappa shape index (κ3) is 3.08. The van der Waals surface area contributed by atoms with Crippen LogP contribution in [0.1, 0.15) is 37.3 Å². The molecule has 0 saturated carbocycles. The van der Waals surface area contributed by atoms with Crippen molar-refractivity contribution >= 4 is 11.0 Å². The van der Waals surface area contributed by atoms with Crippen LogP contribution in [-0.4, -0.2) is 23.5 Å². The van der Waals surface area contributed by atoms with Crippen molar-refractivity contribution in [3.63, 3.8) is 0 Å². The van der Waals surface area contributed by atoms with Crippen molar-refractivity contribution in [3.05, 3.63) is 45.8 Å². The molecule has 3 rings (SSSR count). The third-order valence-electron chi connectivity index (χ3n) is 4.63. The van der Waals surface area contributed by atoms with Gasteiger partial charge in [-0.2, -0.15) is 0 Å². The van der Waals surface area contributed by atoms with Crippen molar-refractivity contribution in [2.75, 3.05) is 6.54 Å². The highest BCUT2D eigenvalue weighted by atomic mass is 16.4. The number of fused-ring (bicyclic) bond motifs is 1. The molecule has 2 unspecified atom stereocenters. The van der Waals surface area contributed by atoms with Crippen LogP contribution in [0.4, 0.5) is 0 Å². The topological polar surface area (TPSA) is 59.5 Å². The number of likely N-dealkylation sites (tertiary alicyclic amines) is 1. The lowest BCUT2D eigenvalue weighted by atomic mass is 9.96. The van der Waals surface area contributed by atoms with Crippen LogP contribution in [0, 0.1) is 6.92 Å². The van der Waals surface area contributed by atoms with E-state index in [-0.39, 0.29) is 11.7 Å². The summed E-state index contributed by atoms with van der Waals surface area (Å²) in [6.07, 6.45) is 3.57. The van der Waals surface area contributed by atoms with Crippen molar-refractivity contribution in [1.82, 2.24) is 4.90 Å². The maximum Gasteiger partial charge on any atom is 0.336 e. The van der Waals surface area contributed by atoms with Crippen molar-refractivity contribution in [2.24, 2.45) is 5.73 Å². The highest BCUT2D eigenvalue weighted by molar-refractivity contribution is 5.80. The minimum absolute atomic E-state index is 0.147. The van der Waals surface area contributed by atoms with E-state index in [4.69, 9.17) is 10.2 Å². The maximum atomic E-state index is 11.9. The lowest BCUT2D eigenvalue weighted by Crippen LogP contribution is -2.48. The zero-order valence-electron chi connectivity index (χ0n) is 13.3. The zero-order valence-corrected chi connectivity index (χ0v) is 13.3. The first-order chi connectivity index (χ1) is 10.5. The van der Waals surface area contributed by atoms with Gasteiger partial charge in [0.2, 0.25) is 0 Å². The number of hydrogen-bond acceptors (Lipinski definition) is 4. The summed E-state index contributed by atoms with van der Waals surface area (Å²) in [7, 11) is 0. The number of aryl methyl sites for hydroxylation is 1. The van der Waals surface area contributed by atoms with Crippen LogP contribution in [0.5, 0.6) is 0 Å². The Labute approximate surface area is 130 Å². The van der Waals surface area contributed by atoms with E-state index in [0.717, 1.165) is 36.0 Å². The number of rotatable bonds is 3. The van der Waals surface area contributed by atoms with Gasteiger partial charge in [-0.05, 0) is 50.4 Å². The van der Waals surface area contributed by atoms with E-state index in [0.29, 0.717) is 11.6 Å². The fourth-order valence-electron chi connectivity index (χ4n) is 3.50. The molecule has 0 amide bonds. The molecule has 1 aliphatic rings. The van der Waals surface area contributed by atoms with Gasteiger partial charge in [0.1, 0.15) is 5.58 Å². The summed E-state index contributed by atoms with van der Waals surface area (Å²) in [5.74, 6) is 0. The van der Waals surface area contributed by atoms with Gasteiger partial charge in [-0.3, -0.25) is 4.90 Å². The molecule has 1 saturated heterocycles. The fourth-order valence-corrected chi connectivity index (χ4v) is 3.50. The lowest BCUT2D eigenvalue weighted by Gasteiger charge is -2.38. The minimum atomic E-state index is -0.276. The third-order valence-corrected chi connectivity index (χ3v) is 4.63. The van der Waals surface area contributed by atoms with Gasteiger partial charge < -0.3 is 10.2 Å². The van der Waals surface area contributed by atoms with Crippen molar-refractivity contribution in [1.29, 1.82) is 0 Å². The molecule has 1 aliphatic heterocycles. The second-order valence-electron chi connectivity index (χ2n) is 6.48. The molecule has 2 atom stereocenters. The first-order valence-electron chi connectivity index (χ1n) is 8.07. The van der Waals surface area contributed by atoms with Gasteiger partial charge in [-0.15, -0.1) is 0 Å². The number of piperidine rings is 1. The molecule has 0 bridgehead atoms. The molecule has 0 aliphatic carbocycles. The molecule has 118 valence electrons. The molecule has 4 heteroatoms. The van der Waals surface area contributed by atoms with E-state index in [1.165, 1.54) is 12.8 Å². The Kier molecular flexibility index (Phi) is 4.32. The van der Waals surface area contributed by atoms with Crippen LogP contribution in [0.3, 0.4) is 0 Å². The summed E-state index contributed by atoms with van der Waals surface area (Å²) in [6.45, 7) is 5.88. The summed E-state index contributed by atoms with van der Waals surface area (Å²) in [4.78, 5) is 14.3. The van der Waals surface area contributed by atoms with Crippen LogP contribution in [0.15, 0.2) is 33.5 Å². The first-order valence-corrected chi connectivity index (χ1v) is 8.07. The molecule has 2 N–H and O–H groups in total. The normalized spacial score (nSPS) is 21.1. The monoisotopic (exact) mass is 300 g/mol. The smallest absolute Gasteiger partial charge is 0.336 e. The van der Waals surface area contributed by atoms with Crippen LogP contribution in [0.2, 0.25) is 0 Å². The molecule has 1 aromatic heterocycles. The number of hydrogen-bond donors (Lipinski definition) is 1. The summed E-state index contributed by atoms with van der Waals surface area (Å²) in [5, 5.41) is 1.03. The summed E-state index contributed by atoms with van der Waals surface area (Å²) >= 11 is 0. The molecule has 0 radical (unpaired) electrons. The standard InChI is InChI=1S/C18H24N2O2/c1-12-6-7-15-14(10-18(21)22-17(15)9-12)11-20-8-4-3-5-16(20)13(2)19/h6-7,9-10,13,16H,3-5,8,11,19H2,1-2H3. The van der Waals surface area contributed by atoms with Crippen molar-refractivity contribution < 1.29 is 4.42 Å². The molecule has 22 heavy (non-hydrogen) atoms. The van der Waals surface area contributed by atoms with Crippen LogP contribution < -0.4 is 11.4 Å². The Morgan fingerprint density at radius 3 is 2.95 bits per heavy atom. The first kappa shape index (κ1) is 15.3. The quantitative estimate of drug-likeness (QED) is 0.886. The molecule has 4 nitrogen and oxygen atoms in total. The average molecular weight is 300 g/mol. The summed E-state index contributed by atoms with van der Waals surface area (Å²) in [5.41, 5.74) is 8.69. The van der Waals surface area contributed by atoms with Gasteiger partial charge in [0, 0.05) is 30.1 Å². The average Bonchev–Trinajstić information content (AvgIpc) is 2.46. The largest absolute Gasteiger partial charge is 0.423 e. The van der Waals surface area contributed by atoms with Crippen molar-refractivity contribution in [3.8, 4) is 0 Å². The molecular formula is C18H24N2O2. The van der Waals surface area contributed by atoms with Gasteiger partial charge >= 0.3 is 5.63 Å². The number of benzene rings is 1. The SMILES string of the molecule is Cc1ccc2c(CN3CCCCC3C(C)N)cc(=O)oc2c1. The van der Waals surface area contributed by atoms with E-state index < -0.39 is 0 Å². The fraction of sp³-hybridized carbons (Fsp3) is 0.500. The minimum Gasteiger partial charge on any atom is -0.423 e. The molecule has 2 aromatic rings. The van der Waals surface area contributed by atoms with Gasteiger partial charge in [-0.25, -0.2) is 4.79 Å². The Hall–Kier alpha value is -1.65. The Morgan fingerprint density at radius 1 is 1.36 bits per heavy atom. The van der Waals surface area contributed by atoms with Gasteiger partial charge in [0.05, 0.1) is 0 Å². The number of nitrogens with two attached hydrogens (primary N) is 1. The van der Waals surface area contributed by atoms with Gasteiger partial charge in [0.15, 0.2) is 0 Å². The molecule has 1 fully saturated rings. The zero-order chi connectivity index (χ0) is 15.7. The van der Waals surface area contributed by atoms with Crippen LogP contribution in [-0.2, 0) is 6.54 Å². The van der Waals surface area contributed by atoms with E-state index in [9.17, 15) is 4.79 Å². The van der Waals surface area contributed by atoms with Crippen LogP contribution >= 0.6 is 0 Å². The maximum absolute atomic E-state index is 11.9. The Balaban J connectivity index is 1.97. The van der Waals surface area contributed by atoms with Gasteiger partial charge in [-0.1, -0.05) is 18.6 Å². The highest BCUT2D eigenvalue weighted by Crippen LogP contribution is 2.25. The Bertz CT molecular complexity index is 721. The van der Waals surface area contributed by atoms with E-state index in [1.54, 1.807) is 6.07 Å². The highest BCUT2D eigenvalue weighted by Gasteiger charge is 2.26. The predicted octanol–water partition coefficient (Wildman–Crippen LogP) is 2.80. The molecule has 2 heterocycles. The molecular weight excluding hydrogens is 276 g/mol. The second kappa shape index (κ2) is 6.23. The molecule has 0 spiro atoms. The van der Waals surface area contributed by atoms with Crippen LogP contribution in [0.25, 0.3) is 11.0 Å². The van der Waals surface area contributed by atoms with Crippen molar-refractivity contribution in [2.45, 2.75) is 51.7 Å². The Morgan fingerprint density at radius 2 is 2.18 bits per heavy atom. The summed E-state index contributed by atoms with van der Waals surface area (Å²) < 4.78 is 5.35. The summed E-state index contributed by atoms with van der Waals surface area (Å²) in [6, 6.07) is 8.21. The lowest BCUT2D eigenvalue weighted by molar-refractivity contribution is 0.123. The van der Waals surface area contributed by atoms with E-state index >= 15 is 0 Å². The predicted molar refractivity (Wildman–Crippen MR) is 88.9 cm³/mol. The van der Waals surface area contributed by atoms with Gasteiger partial charge in [0.25, 0.3) is 0 Å². The molecule has 1 aromatic carbocycles. The number of nitrogens with zero attached hydrogens (tertiary/aromatic N) is 1.